The minimum Gasteiger partial charge on any atom is -0.366 e. The van der Waals surface area contributed by atoms with Crippen LogP contribution in [0.4, 0.5) is 5.69 Å². The first-order valence-electron chi connectivity index (χ1n) is 10.3. The molecule has 0 radical (unpaired) electrons. The number of thiazole rings is 1. The highest BCUT2D eigenvalue weighted by Crippen LogP contribution is 2.28. The zero-order chi connectivity index (χ0) is 22.8. The van der Waals surface area contributed by atoms with Gasteiger partial charge in [-0.15, -0.1) is 11.3 Å². The molecule has 0 spiro atoms. The topological polar surface area (TPSA) is 57.6 Å². The van der Waals surface area contributed by atoms with Crippen LogP contribution in [0.2, 0.25) is 0 Å². The molecule has 3 rings (SSSR count). The number of hydrogen-bond acceptors (Lipinski definition) is 5. The van der Waals surface area contributed by atoms with Crippen molar-refractivity contribution >= 4 is 29.6 Å². The summed E-state index contributed by atoms with van der Waals surface area (Å²) in [5.74, 6) is 0. The first-order valence-corrected chi connectivity index (χ1v) is 11.2. The molecular formula is C25H32N4OS. The van der Waals surface area contributed by atoms with Gasteiger partial charge in [0, 0.05) is 36.5 Å². The summed E-state index contributed by atoms with van der Waals surface area (Å²) < 4.78 is 0. The summed E-state index contributed by atoms with van der Waals surface area (Å²) in [4.78, 5) is 22.4. The van der Waals surface area contributed by atoms with E-state index in [1.807, 2.05) is 45.7 Å². The number of rotatable bonds is 7. The Morgan fingerprint density at radius 1 is 1.16 bits per heavy atom. The highest BCUT2D eigenvalue weighted by atomic mass is 32.1. The van der Waals surface area contributed by atoms with Crippen molar-refractivity contribution < 1.29 is 4.79 Å². The van der Waals surface area contributed by atoms with Gasteiger partial charge in [-0.05, 0) is 63.7 Å². The predicted octanol–water partition coefficient (Wildman–Crippen LogP) is 5.28. The zero-order valence-electron chi connectivity index (χ0n) is 19.3. The maximum atomic E-state index is 11.0. The number of hydrogen-bond donors (Lipinski definition) is 1. The normalized spacial score (nSPS) is 10.6. The van der Waals surface area contributed by atoms with Gasteiger partial charge in [-0.3, -0.25) is 4.79 Å². The molecule has 0 atom stereocenters. The van der Waals surface area contributed by atoms with Crippen LogP contribution in [-0.4, -0.2) is 50.2 Å². The number of benzene rings is 2. The van der Waals surface area contributed by atoms with Gasteiger partial charge in [0.15, 0.2) is 0 Å². The lowest BCUT2D eigenvalue weighted by atomic mass is 10.0. The van der Waals surface area contributed by atoms with Gasteiger partial charge in [0.05, 0.1) is 22.7 Å². The van der Waals surface area contributed by atoms with Crippen molar-refractivity contribution in [3.8, 4) is 11.3 Å². The largest absolute Gasteiger partial charge is 0.366 e. The maximum Gasteiger partial charge on any atom is 0.150 e. The van der Waals surface area contributed by atoms with E-state index in [0.717, 1.165) is 46.8 Å². The Kier molecular flexibility index (Phi) is 9.56. The molecule has 31 heavy (non-hydrogen) atoms. The third-order valence-electron chi connectivity index (χ3n) is 4.76. The van der Waals surface area contributed by atoms with Gasteiger partial charge in [-0.2, -0.15) is 0 Å². The number of aromatic nitrogens is 1. The molecule has 6 heteroatoms. The fourth-order valence-corrected chi connectivity index (χ4v) is 3.72. The van der Waals surface area contributed by atoms with E-state index in [0.29, 0.717) is 5.56 Å². The van der Waals surface area contributed by atoms with Crippen LogP contribution in [-0.2, 0) is 6.42 Å². The minimum atomic E-state index is 0.670. The summed E-state index contributed by atoms with van der Waals surface area (Å²) in [6.07, 6.45) is 3.54. The van der Waals surface area contributed by atoms with Crippen molar-refractivity contribution in [1.29, 1.82) is 0 Å². The van der Waals surface area contributed by atoms with Crippen LogP contribution in [0.5, 0.6) is 0 Å². The van der Waals surface area contributed by atoms with E-state index in [2.05, 4.69) is 53.5 Å². The monoisotopic (exact) mass is 436 g/mol. The number of aliphatic imine (C=N–C) groups is 1. The molecule has 164 valence electrons. The Hall–Kier alpha value is -2.83. The molecule has 0 fully saturated rings. The molecule has 1 heterocycles. The summed E-state index contributed by atoms with van der Waals surface area (Å²) in [7, 11) is 5.77. The standard InChI is InChI=1S/C23H25N3OS.C2H7N/c1-5-26(4)15-24-21-10-16(2)20(9-17(21)3)12-23-25-22(14-28-23)19-8-6-7-18(11-19)13-27;1-3-2/h6-11,13-15H,5,12H2,1-4H3;3H,1-2H3. The molecular weight excluding hydrogens is 404 g/mol. The molecule has 0 unspecified atom stereocenters. The number of nitrogens with zero attached hydrogens (tertiary/aromatic N) is 3. The van der Waals surface area contributed by atoms with Crippen molar-refractivity contribution in [3.05, 3.63) is 69.0 Å². The molecule has 1 aromatic heterocycles. The Morgan fingerprint density at radius 2 is 1.90 bits per heavy atom. The van der Waals surface area contributed by atoms with Gasteiger partial charge < -0.3 is 10.2 Å². The molecule has 0 aliphatic carbocycles. The SMILES string of the molecule is CCN(C)C=Nc1cc(C)c(Cc2nc(-c3cccc(C=O)c3)cs2)cc1C.CNC. The fraction of sp³-hybridized carbons (Fsp3) is 0.320. The van der Waals surface area contributed by atoms with Crippen LogP contribution >= 0.6 is 11.3 Å². The lowest BCUT2D eigenvalue weighted by Crippen LogP contribution is -2.14. The zero-order valence-corrected chi connectivity index (χ0v) is 20.1. The quantitative estimate of drug-likeness (QED) is 0.311. The highest BCUT2D eigenvalue weighted by Gasteiger charge is 2.10. The summed E-state index contributed by atoms with van der Waals surface area (Å²) in [5, 5.41) is 5.87. The van der Waals surface area contributed by atoms with E-state index in [1.165, 1.54) is 11.1 Å². The van der Waals surface area contributed by atoms with Crippen molar-refractivity contribution in [2.75, 3.05) is 27.7 Å². The van der Waals surface area contributed by atoms with E-state index >= 15 is 0 Å². The minimum absolute atomic E-state index is 0.670. The Balaban J connectivity index is 0.00000107. The number of aryl methyl sites for hydroxylation is 2. The molecule has 5 nitrogen and oxygen atoms in total. The third kappa shape index (κ3) is 7.12. The maximum absolute atomic E-state index is 11.0. The van der Waals surface area contributed by atoms with Gasteiger partial charge in [0.2, 0.25) is 0 Å². The Bertz CT molecular complexity index is 1030. The summed E-state index contributed by atoms with van der Waals surface area (Å²) in [6.45, 7) is 7.26. The molecule has 2 aromatic carbocycles. The van der Waals surface area contributed by atoms with Crippen LogP contribution in [0.1, 0.15) is 39.0 Å². The molecule has 0 saturated heterocycles. The fourth-order valence-electron chi connectivity index (χ4n) is 2.89. The number of nitrogens with one attached hydrogen (secondary N) is 1. The smallest absolute Gasteiger partial charge is 0.150 e. The summed E-state index contributed by atoms with van der Waals surface area (Å²) >= 11 is 1.65. The first kappa shape index (κ1) is 24.4. The number of carbonyl (C=O) groups is 1. The van der Waals surface area contributed by atoms with Crippen LogP contribution in [0.15, 0.2) is 46.8 Å². The second-order valence-corrected chi connectivity index (χ2v) is 8.37. The summed E-state index contributed by atoms with van der Waals surface area (Å²) in [6, 6.07) is 11.9. The predicted molar refractivity (Wildman–Crippen MR) is 133 cm³/mol. The van der Waals surface area contributed by atoms with Crippen molar-refractivity contribution in [2.45, 2.75) is 27.2 Å². The number of aldehydes is 1. The Labute approximate surface area is 189 Å². The second kappa shape index (κ2) is 12.1. The van der Waals surface area contributed by atoms with Gasteiger partial charge >= 0.3 is 0 Å². The molecule has 3 aromatic rings. The van der Waals surface area contributed by atoms with E-state index in [1.54, 1.807) is 17.4 Å². The summed E-state index contributed by atoms with van der Waals surface area (Å²) in [5.41, 5.74) is 7.22. The molecule has 0 amide bonds. The van der Waals surface area contributed by atoms with Crippen LogP contribution < -0.4 is 5.32 Å². The molecule has 1 N–H and O–H groups in total. The average molecular weight is 437 g/mol. The van der Waals surface area contributed by atoms with Gasteiger partial charge in [0.25, 0.3) is 0 Å². The Morgan fingerprint density at radius 3 is 2.58 bits per heavy atom. The molecule has 0 bridgehead atoms. The molecule has 0 aliphatic rings. The van der Waals surface area contributed by atoms with E-state index in [9.17, 15) is 4.79 Å². The molecule has 0 aliphatic heterocycles. The second-order valence-electron chi connectivity index (χ2n) is 7.43. The van der Waals surface area contributed by atoms with Gasteiger partial charge in [0.1, 0.15) is 6.29 Å². The lowest BCUT2D eigenvalue weighted by Gasteiger charge is -2.11. The van der Waals surface area contributed by atoms with Crippen LogP contribution in [0, 0.1) is 13.8 Å². The van der Waals surface area contributed by atoms with Crippen molar-refractivity contribution in [2.24, 2.45) is 4.99 Å². The third-order valence-corrected chi connectivity index (χ3v) is 5.61. The van der Waals surface area contributed by atoms with Crippen LogP contribution in [0.3, 0.4) is 0 Å². The van der Waals surface area contributed by atoms with Gasteiger partial charge in [-0.25, -0.2) is 9.98 Å². The highest BCUT2D eigenvalue weighted by molar-refractivity contribution is 7.10. The number of carbonyl (C=O) groups excluding carboxylic acids is 1. The average Bonchev–Trinajstić information content (AvgIpc) is 3.24. The molecule has 0 saturated carbocycles. The van der Waals surface area contributed by atoms with Crippen molar-refractivity contribution in [1.82, 2.24) is 15.2 Å². The van der Waals surface area contributed by atoms with Gasteiger partial charge in [-0.1, -0.05) is 24.3 Å². The van der Waals surface area contributed by atoms with Crippen LogP contribution in [0.25, 0.3) is 11.3 Å². The van der Waals surface area contributed by atoms with Crippen molar-refractivity contribution in [3.63, 3.8) is 0 Å². The van der Waals surface area contributed by atoms with E-state index in [4.69, 9.17) is 4.98 Å². The van der Waals surface area contributed by atoms with E-state index < -0.39 is 0 Å². The first-order chi connectivity index (χ1) is 14.9. The lowest BCUT2D eigenvalue weighted by molar-refractivity contribution is 0.112. The van der Waals surface area contributed by atoms with E-state index in [-0.39, 0.29) is 0 Å².